The Labute approximate surface area is 98.9 Å². The van der Waals surface area contributed by atoms with E-state index in [2.05, 4.69) is 0 Å². The van der Waals surface area contributed by atoms with Crippen LogP contribution in [0.5, 0.6) is 0 Å². The predicted octanol–water partition coefficient (Wildman–Crippen LogP) is -0.135. The van der Waals surface area contributed by atoms with Gasteiger partial charge in [-0.15, -0.1) is 0 Å². The molecule has 0 saturated heterocycles. The smallest absolute Gasteiger partial charge is 0.264 e. The van der Waals surface area contributed by atoms with Crippen LogP contribution in [0.2, 0.25) is 0 Å². The van der Waals surface area contributed by atoms with Crippen molar-refractivity contribution in [3.63, 3.8) is 0 Å². The maximum absolute atomic E-state index is 11.5. The number of sulfonamides is 1. The second-order valence-corrected chi connectivity index (χ2v) is 5.29. The van der Waals surface area contributed by atoms with Crippen molar-refractivity contribution >= 4 is 21.8 Å². The van der Waals surface area contributed by atoms with E-state index in [4.69, 9.17) is 5.73 Å². The number of nitrogens with two attached hydrogens (primary N) is 1. The van der Waals surface area contributed by atoms with Gasteiger partial charge in [0.15, 0.2) is 0 Å². The molecule has 0 fully saturated rings. The highest BCUT2D eigenvalue weighted by Gasteiger charge is 2.13. The first kappa shape index (κ1) is 13.2. The second kappa shape index (κ2) is 4.96. The molecule has 6 nitrogen and oxygen atoms in total. The lowest BCUT2D eigenvalue weighted by atomic mass is 10.1. The summed E-state index contributed by atoms with van der Waals surface area (Å²) >= 11 is 0. The zero-order valence-electron chi connectivity index (χ0n) is 9.14. The number of carbonyl (C=O) groups excluding carboxylic acids is 2. The Morgan fingerprint density at radius 1 is 1.18 bits per heavy atom. The van der Waals surface area contributed by atoms with Gasteiger partial charge in [0.1, 0.15) is 0 Å². The van der Waals surface area contributed by atoms with Gasteiger partial charge in [0.05, 0.1) is 5.75 Å². The average Bonchev–Trinajstić information content (AvgIpc) is 2.28. The van der Waals surface area contributed by atoms with E-state index in [9.17, 15) is 18.0 Å². The highest BCUT2D eigenvalue weighted by molar-refractivity contribution is 7.90. The minimum absolute atomic E-state index is 0.145. The minimum atomic E-state index is -3.58. The first-order chi connectivity index (χ1) is 7.85. The highest BCUT2D eigenvalue weighted by atomic mass is 32.2. The summed E-state index contributed by atoms with van der Waals surface area (Å²) in [5.74, 6) is -1.53. The molecule has 0 atom stereocenters. The van der Waals surface area contributed by atoms with Gasteiger partial charge in [0.2, 0.25) is 15.9 Å². The molecule has 0 aliphatic carbocycles. The monoisotopic (exact) mass is 256 g/mol. The molecular weight excluding hydrogens is 244 g/mol. The SMILES string of the molecule is CCS(=O)(=O)NC(=O)c1ccc(C(N)=O)cc1. The van der Waals surface area contributed by atoms with Gasteiger partial charge in [-0.25, -0.2) is 13.1 Å². The third-order valence-electron chi connectivity index (χ3n) is 2.06. The summed E-state index contributed by atoms with van der Waals surface area (Å²) in [6.07, 6.45) is 0. The van der Waals surface area contributed by atoms with Gasteiger partial charge in [-0.05, 0) is 31.2 Å². The number of nitrogens with one attached hydrogen (secondary N) is 1. The van der Waals surface area contributed by atoms with Crippen molar-refractivity contribution in [1.29, 1.82) is 0 Å². The molecule has 17 heavy (non-hydrogen) atoms. The minimum Gasteiger partial charge on any atom is -0.366 e. The molecule has 0 bridgehead atoms. The molecule has 1 aromatic rings. The normalized spacial score (nSPS) is 10.9. The van der Waals surface area contributed by atoms with Crippen LogP contribution in [0, 0.1) is 0 Å². The summed E-state index contributed by atoms with van der Waals surface area (Å²) in [5.41, 5.74) is 5.42. The van der Waals surface area contributed by atoms with Crippen molar-refractivity contribution in [1.82, 2.24) is 4.72 Å². The molecule has 0 spiro atoms. The van der Waals surface area contributed by atoms with Gasteiger partial charge in [0.25, 0.3) is 5.91 Å². The highest BCUT2D eigenvalue weighted by Crippen LogP contribution is 2.04. The van der Waals surface area contributed by atoms with Crippen LogP contribution in [-0.2, 0) is 10.0 Å². The van der Waals surface area contributed by atoms with E-state index in [0.29, 0.717) is 0 Å². The molecule has 0 aromatic heterocycles. The summed E-state index contributed by atoms with van der Waals surface area (Å²) in [4.78, 5) is 22.3. The van der Waals surface area contributed by atoms with Crippen LogP contribution < -0.4 is 10.5 Å². The van der Waals surface area contributed by atoms with Crippen molar-refractivity contribution < 1.29 is 18.0 Å². The molecule has 0 saturated carbocycles. The topological polar surface area (TPSA) is 106 Å². The largest absolute Gasteiger partial charge is 0.366 e. The molecule has 2 amide bonds. The van der Waals surface area contributed by atoms with Crippen molar-refractivity contribution in [3.8, 4) is 0 Å². The van der Waals surface area contributed by atoms with E-state index in [1.54, 1.807) is 0 Å². The van der Waals surface area contributed by atoms with E-state index < -0.39 is 21.8 Å². The third-order valence-corrected chi connectivity index (χ3v) is 3.32. The van der Waals surface area contributed by atoms with Crippen LogP contribution >= 0.6 is 0 Å². The molecule has 0 aliphatic heterocycles. The summed E-state index contributed by atoms with van der Waals surface area (Å²) in [7, 11) is -3.58. The van der Waals surface area contributed by atoms with Gasteiger partial charge in [0, 0.05) is 11.1 Å². The Balaban J connectivity index is 2.88. The predicted molar refractivity (Wildman–Crippen MR) is 61.9 cm³/mol. The van der Waals surface area contributed by atoms with Crippen LogP contribution in [-0.4, -0.2) is 26.0 Å². The lowest BCUT2D eigenvalue weighted by Gasteiger charge is -2.04. The zero-order valence-corrected chi connectivity index (χ0v) is 9.95. The van der Waals surface area contributed by atoms with E-state index >= 15 is 0 Å². The number of primary amides is 1. The van der Waals surface area contributed by atoms with Gasteiger partial charge in [-0.2, -0.15) is 0 Å². The first-order valence-corrected chi connectivity index (χ1v) is 6.45. The molecule has 1 aromatic carbocycles. The maximum Gasteiger partial charge on any atom is 0.264 e. The number of benzene rings is 1. The van der Waals surface area contributed by atoms with Gasteiger partial charge < -0.3 is 5.73 Å². The summed E-state index contributed by atoms with van der Waals surface area (Å²) in [5, 5.41) is 0. The van der Waals surface area contributed by atoms with Crippen molar-refractivity contribution in [2.24, 2.45) is 5.73 Å². The first-order valence-electron chi connectivity index (χ1n) is 4.80. The number of hydrogen-bond acceptors (Lipinski definition) is 4. The number of carbonyl (C=O) groups is 2. The Bertz CT molecular complexity index is 534. The molecule has 3 N–H and O–H groups in total. The molecule has 0 heterocycles. The van der Waals surface area contributed by atoms with Crippen LogP contribution in [0.3, 0.4) is 0 Å². The third kappa shape index (κ3) is 3.56. The lowest BCUT2D eigenvalue weighted by molar-refractivity contribution is 0.0975. The van der Waals surface area contributed by atoms with E-state index in [0.717, 1.165) is 0 Å². The van der Waals surface area contributed by atoms with Crippen molar-refractivity contribution in [3.05, 3.63) is 35.4 Å². The molecule has 0 radical (unpaired) electrons. The molecule has 0 aliphatic rings. The summed E-state index contributed by atoms with van der Waals surface area (Å²) in [6, 6.07) is 5.38. The maximum atomic E-state index is 11.5. The van der Waals surface area contributed by atoms with Crippen molar-refractivity contribution in [2.75, 3.05) is 5.75 Å². The Hall–Kier alpha value is -1.89. The summed E-state index contributed by atoms with van der Waals surface area (Å²) in [6.45, 7) is 1.42. The molecular formula is C10H12N2O4S. The van der Waals surface area contributed by atoms with Crippen LogP contribution in [0.25, 0.3) is 0 Å². The van der Waals surface area contributed by atoms with E-state index in [-0.39, 0.29) is 16.9 Å². The fourth-order valence-electron chi connectivity index (χ4n) is 1.06. The van der Waals surface area contributed by atoms with Gasteiger partial charge in [-0.1, -0.05) is 0 Å². The number of hydrogen-bond donors (Lipinski definition) is 2. The summed E-state index contributed by atoms with van der Waals surface area (Å²) < 4.78 is 24.2. The Morgan fingerprint density at radius 2 is 1.65 bits per heavy atom. The average molecular weight is 256 g/mol. The van der Waals surface area contributed by atoms with Crippen LogP contribution in [0.1, 0.15) is 27.6 Å². The zero-order chi connectivity index (χ0) is 13.1. The van der Waals surface area contributed by atoms with E-state index in [1.165, 1.54) is 31.2 Å². The van der Waals surface area contributed by atoms with Gasteiger partial charge >= 0.3 is 0 Å². The fourth-order valence-corrected chi connectivity index (χ4v) is 1.60. The molecule has 92 valence electrons. The van der Waals surface area contributed by atoms with Crippen LogP contribution in [0.4, 0.5) is 0 Å². The quantitative estimate of drug-likeness (QED) is 0.782. The van der Waals surface area contributed by atoms with Crippen molar-refractivity contribution in [2.45, 2.75) is 6.92 Å². The fraction of sp³-hybridized carbons (Fsp3) is 0.200. The lowest BCUT2D eigenvalue weighted by Crippen LogP contribution is -2.31. The van der Waals surface area contributed by atoms with E-state index in [1.807, 2.05) is 4.72 Å². The standard InChI is InChI=1S/C10H12N2O4S/c1-2-17(15,16)12-10(14)8-5-3-7(4-6-8)9(11)13/h3-6H,2H2,1H3,(H2,11,13)(H,12,14). The Morgan fingerprint density at radius 3 is 2.06 bits per heavy atom. The second-order valence-electron chi connectivity index (χ2n) is 3.28. The number of amides is 2. The molecule has 1 rings (SSSR count). The van der Waals surface area contributed by atoms with Crippen LogP contribution in [0.15, 0.2) is 24.3 Å². The Kier molecular flexibility index (Phi) is 3.84. The number of rotatable bonds is 4. The molecule has 0 unspecified atom stereocenters. The molecule has 7 heteroatoms. The van der Waals surface area contributed by atoms with Gasteiger partial charge in [-0.3, -0.25) is 9.59 Å².